The maximum absolute atomic E-state index is 4.29. The van der Waals surface area contributed by atoms with E-state index >= 15 is 0 Å². The van der Waals surface area contributed by atoms with Gasteiger partial charge >= 0.3 is 0 Å². The van der Waals surface area contributed by atoms with E-state index in [9.17, 15) is 0 Å². The van der Waals surface area contributed by atoms with E-state index in [1.807, 2.05) is 25.2 Å². The molecule has 0 saturated heterocycles. The molecule has 0 radical (unpaired) electrons. The van der Waals surface area contributed by atoms with Gasteiger partial charge in [-0.1, -0.05) is 55.5 Å². The van der Waals surface area contributed by atoms with Crippen LogP contribution < -0.4 is 5.32 Å². The van der Waals surface area contributed by atoms with Crippen LogP contribution in [0.4, 0.5) is 0 Å². The quantitative estimate of drug-likeness (QED) is 0.902. The minimum absolute atomic E-state index is 0.140. The van der Waals surface area contributed by atoms with Crippen molar-refractivity contribution in [3.8, 4) is 0 Å². The third-order valence-corrected chi connectivity index (χ3v) is 3.91. The van der Waals surface area contributed by atoms with Crippen LogP contribution in [0.5, 0.6) is 0 Å². The summed E-state index contributed by atoms with van der Waals surface area (Å²) < 4.78 is 0. The molecule has 0 bridgehead atoms. The summed E-state index contributed by atoms with van der Waals surface area (Å²) in [7, 11) is 1.95. The van der Waals surface area contributed by atoms with Crippen molar-refractivity contribution in [2.45, 2.75) is 25.8 Å². The number of nitrogens with zero attached hydrogens (tertiary/aromatic N) is 2. The van der Waals surface area contributed by atoms with Crippen molar-refractivity contribution < 1.29 is 0 Å². The molecule has 1 aromatic carbocycles. The molecule has 0 aliphatic rings. The highest BCUT2D eigenvalue weighted by molar-refractivity contribution is 7.11. The fourth-order valence-corrected chi connectivity index (χ4v) is 2.66. The Bertz CT molecular complexity index is 465. The van der Waals surface area contributed by atoms with E-state index in [4.69, 9.17) is 0 Å². The highest BCUT2D eigenvalue weighted by atomic mass is 32.1. The van der Waals surface area contributed by atoms with Gasteiger partial charge in [-0.2, -0.15) is 0 Å². The van der Waals surface area contributed by atoms with Crippen LogP contribution in [0.3, 0.4) is 0 Å². The van der Waals surface area contributed by atoms with Crippen LogP contribution in [0.25, 0.3) is 0 Å². The molecule has 1 aromatic heterocycles. The molecule has 0 saturated carbocycles. The van der Waals surface area contributed by atoms with Crippen LogP contribution in [0.1, 0.15) is 41.4 Å². The maximum atomic E-state index is 4.29. The number of benzene rings is 1. The first-order valence-corrected chi connectivity index (χ1v) is 6.59. The van der Waals surface area contributed by atoms with Gasteiger partial charge in [-0.05, 0) is 12.6 Å². The average Bonchev–Trinajstić information content (AvgIpc) is 2.81. The summed E-state index contributed by atoms with van der Waals surface area (Å²) in [6.07, 6.45) is 0. The lowest BCUT2D eigenvalue weighted by atomic mass is 10.1. The molecule has 0 amide bonds. The van der Waals surface area contributed by atoms with Gasteiger partial charge < -0.3 is 5.32 Å². The Hall–Kier alpha value is -1.26. The van der Waals surface area contributed by atoms with Gasteiger partial charge in [0.25, 0.3) is 0 Å². The molecule has 1 unspecified atom stereocenters. The minimum Gasteiger partial charge on any atom is -0.307 e. The van der Waals surface area contributed by atoms with Crippen molar-refractivity contribution in [3.05, 3.63) is 45.9 Å². The fraction of sp³-hybridized carbons (Fsp3) is 0.385. The van der Waals surface area contributed by atoms with E-state index in [-0.39, 0.29) is 6.04 Å². The number of rotatable bonds is 4. The van der Waals surface area contributed by atoms with Crippen LogP contribution in [0.15, 0.2) is 30.3 Å². The molecule has 0 aliphatic carbocycles. The molecule has 0 fully saturated rings. The van der Waals surface area contributed by atoms with Crippen LogP contribution >= 0.6 is 11.3 Å². The Kier molecular flexibility index (Phi) is 3.86. The molecule has 3 nitrogen and oxygen atoms in total. The first-order chi connectivity index (χ1) is 8.22. The zero-order valence-corrected chi connectivity index (χ0v) is 11.2. The van der Waals surface area contributed by atoms with Crippen LogP contribution in [-0.4, -0.2) is 17.2 Å². The van der Waals surface area contributed by atoms with Gasteiger partial charge in [0.15, 0.2) is 0 Å². The van der Waals surface area contributed by atoms with E-state index in [1.54, 1.807) is 11.3 Å². The van der Waals surface area contributed by atoms with Gasteiger partial charge in [-0.15, -0.1) is 10.2 Å². The SMILES string of the molecule is CNC(c1ccccc1)c1nnc(C(C)C)s1. The van der Waals surface area contributed by atoms with Crippen LogP contribution in [0.2, 0.25) is 0 Å². The summed E-state index contributed by atoms with van der Waals surface area (Å²) in [5.74, 6) is 0.439. The van der Waals surface area contributed by atoms with Gasteiger partial charge in [-0.3, -0.25) is 0 Å². The molecule has 2 aromatic rings. The van der Waals surface area contributed by atoms with E-state index in [1.165, 1.54) is 5.56 Å². The lowest BCUT2D eigenvalue weighted by Gasteiger charge is -2.12. The van der Waals surface area contributed by atoms with Crippen molar-refractivity contribution in [1.29, 1.82) is 0 Å². The standard InChI is InChI=1S/C13H17N3S/c1-9(2)12-15-16-13(17-12)11(14-3)10-7-5-4-6-8-10/h4-9,11,14H,1-3H3. The summed E-state index contributed by atoms with van der Waals surface area (Å²) >= 11 is 1.68. The van der Waals surface area contributed by atoms with Gasteiger partial charge in [0.2, 0.25) is 0 Å². The number of aromatic nitrogens is 2. The Morgan fingerprint density at radius 3 is 2.24 bits per heavy atom. The van der Waals surface area contributed by atoms with Gasteiger partial charge in [0.1, 0.15) is 10.0 Å². The molecule has 0 aliphatic heterocycles. The molecule has 1 atom stereocenters. The average molecular weight is 247 g/mol. The monoisotopic (exact) mass is 247 g/mol. The van der Waals surface area contributed by atoms with Crippen molar-refractivity contribution in [2.24, 2.45) is 0 Å². The molecular weight excluding hydrogens is 230 g/mol. The van der Waals surface area contributed by atoms with Crippen LogP contribution in [-0.2, 0) is 0 Å². The topological polar surface area (TPSA) is 37.8 Å². The van der Waals surface area contributed by atoms with E-state index in [0.717, 1.165) is 10.0 Å². The highest BCUT2D eigenvalue weighted by Gasteiger charge is 2.17. The predicted molar refractivity (Wildman–Crippen MR) is 71.3 cm³/mol. The normalized spacial score (nSPS) is 12.9. The number of hydrogen-bond donors (Lipinski definition) is 1. The molecule has 2 rings (SSSR count). The Labute approximate surface area is 106 Å². The summed E-state index contributed by atoms with van der Waals surface area (Å²) in [6, 6.07) is 10.5. The highest BCUT2D eigenvalue weighted by Crippen LogP contribution is 2.27. The van der Waals surface area contributed by atoms with Gasteiger partial charge in [-0.25, -0.2) is 0 Å². The van der Waals surface area contributed by atoms with E-state index in [0.29, 0.717) is 5.92 Å². The van der Waals surface area contributed by atoms with Crippen molar-refractivity contribution in [1.82, 2.24) is 15.5 Å². The number of hydrogen-bond acceptors (Lipinski definition) is 4. The third kappa shape index (κ3) is 2.70. The smallest absolute Gasteiger partial charge is 0.139 e. The van der Waals surface area contributed by atoms with Crippen molar-refractivity contribution in [2.75, 3.05) is 7.05 Å². The second-order valence-corrected chi connectivity index (χ2v) is 5.31. The second kappa shape index (κ2) is 5.38. The second-order valence-electron chi connectivity index (χ2n) is 4.27. The van der Waals surface area contributed by atoms with E-state index in [2.05, 4.69) is 41.5 Å². The maximum Gasteiger partial charge on any atom is 0.139 e. The van der Waals surface area contributed by atoms with Crippen LogP contribution in [0, 0.1) is 0 Å². The summed E-state index contributed by atoms with van der Waals surface area (Å²) in [4.78, 5) is 0. The zero-order valence-electron chi connectivity index (χ0n) is 10.3. The zero-order chi connectivity index (χ0) is 12.3. The molecule has 0 spiro atoms. The Balaban J connectivity index is 2.29. The molecule has 4 heteroatoms. The summed E-state index contributed by atoms with van der Waals surface area (Å²) in [6.45, 7) is 4.28. The predicted octanol–water partition coefficient (Wildman–Crippen LogP) is 2.97. The molecule has 90 valence electrons. The largest absolute Gasteiger partial charge is 0.307 e. The molecule has 1 heterocycles. The third-order valence-electron chi connectivity index (χ3n) is 2.62. The minimum atomic E-state index is 0.140. The molecular formula is C13H17N3S. The Morgan fingerprint density at radius 1 is 1.06 bits per heavy atom. The van der Waals surface area contributed by atoms with E-state index < -0.39 is 0 Å². The van der Waals surface area contributed by atoms with Gasteiger partial charge in [0.05, 0.1) is 6.04 Å². The lowest BCUT2D eigenvalue weighted by molar-refractivity contribution is 0.675. The fourth-order valence-electron chi connectivity index (χ4n) is 1.67. The first kappa shape index (κ1) is 12.2. The summed E-state index contributed by atoms with van der Waals surface area (Å²) in [5.41, 5.74) is 1.22. The molecule has 1 N–H and O–H groups in total. The Morgan fingerprint density at radius 2 is 1.71 bits per heavy atom. The number of nitrogens with one attached hydrogen (secondary N) is 1. The summed E-state index contributed by atoms with van der Waals surface area (Å²) in [5, 5.41) is 13.9. The first-order valence-electron chi connectivity index (χ1n) is 5.78. The molecule has 17 heavy (non-hydrogen) atoms. The van der Waals surface area contributed by atoms with Crippen molar-refractivity contribution >= 4 is 11.3 Å². The van der Waals surface area contributed by atoms with Crippen molar-refractivity contribution in [3.63, 3.8) is 0 Å². The van der Waals surface area contributed by atoms with Gasteiger partial charge in [0, 0.05) is 5.92 Å². The lowest BCUT2D eigenvalue weighted by Crippen LogP contribution is -2.17.